The lowest BCUT2D eigenvalue weighted by Crippen LogP contribution is -2.05. The van der Waals surface area contributed by atoms with Gasteiger partial charge in [0.1, 0.15) is 0 Å². The van der Waals surface area contributed by atoms with Gasteiger partial charge in [0.15, 0.2) is 11.5 Å². The number of aryl methyl sites for hydroxylation is 1. The Morgan fingerprint density at radius 2 is 1.86 bits per heavy atom. The van der Waals surface area contributed by atoms with Crippen molar-refractivity contribution in [2.24, 2.45) is 0 Å². The number of nitrogens with zero attached hydrogens (tertiary/aromatic N) is 2. The maximum absolute atomic E-state index is 5.66. The Hall–Kier alpha value is -2.01. The lowest BCUT2D eigenvalue weighted by Gasteiger charge is -2.12. The molecule has 1 N–H and O–H groups in total. The average molecular weight is 289 g/mol. The fourth-order valence-electron chi connectivity index (χ4n) is 2.17. The van der Waals surface area contributed by atoms with Crippen LogP contribution in [0.25, 0.3) is 5.69 Å². The van der Waals surface area contributed by atoms with Gasteiger partial charge in [-0.15, -0.1) is 0 Å². The maximum atomic E-state index is 5.66. The van der Waals surface area contributed by atoms with Crippen LogP contribution in [0.1, 0.15) is 25.1 Å². The second kappa shape index (κ2) is 7.13. The monoisotopic (exact) mass is 289 g/mol. The molecule has 0 aliphatic heterocycles. The Balaban J connectivity index is 2.35. The van der Waals surface area contributed by atoms with Gasteiger partial charge >= 0.3 is 0 Å². The zero-order valence-corrected chi connectivity index (χ0v) is 13.1. The largest absolute Gasteiger partial charge is 0.490 e. The van der Waals surface area contributed by atoms with Crippen LogP contribution in [-0.4, -0.2) is 30.0 Å². The van der Waals surface area contributed by atoms with Crippen molar-refractivity contribution in [3.63, 3.8) is 0 Å². The molecule has 1 aromatic carbocycles. The molecule has 0 saturated heterocycles. The molecule has 114 valence electrons. The minimum Gasteiger partial charge on any atom is -0.490 e. The Morgan fingerprint density at radius 1 is 1.14 bits per heavy atom. The molecule has 0 amide bonds. The Morgan fingerprint density at radius 3 is 2.52 bits per heavy atom. The van der Waals surface area contributed by atoms with E-state index in [1.165, 1.54) is 5.56 Å². The molecule has 0 unspecified atom stereocenters. The molecule has 5 heteroatoms. The molecule has 0 radical (unpaired) electrons. The molecule has 5 nitrogen and oxygen atoms in total. The third kappa shape index (κ3) is 3.55. The molecule has 0 fully saturated rings. The molecule has 0 saturated carbocycles. The van der Waals surface area contributed by atoms with E-state index >= 15 is 0 Å². The van der Waals surface area contributed by atoms with Crippen molar-refractivity contribution in [2.45, 2.75) is 27.3 Å². The first kappa shape index (κ1) is 15.4. The third-order valence-corrected chi connectivity index (χ3v) is 3.16. The summed E-state index contributed by atoms with van der Waals surface area (Å²) in [6, 6.07) is 5.88. The van der Waals surface area contributed by atoms with E-state index in [0.717, 1.165) is 29.4 Å². The van der Waals surface area contributed by atoms with E-state index < -0.39 is 0 Å². The van der Waals surface area contributed by atoms with Gasteiger partial charge in [-0.25, -0.2) is 4.68 Å². The van der Waals surface area contributed by atoms with E-state index in [1.54, 1.807) is 0 Å². The lowest BCUT2D eigenvalue weighted by atomic mass is 10.2. The van der Waals surface area contributed by atoms with E-state index in [2.05, 4.69) is 10.4 Å². The molecule has 2 rings (SSSR count). The smallest absolute Gasteiger partial charge is 0.163 e. The van der Waals surface area contributed by atoms with E-state index in [-0.39, 0.29) is 0 Å². The second-order valence-corrected chi connectivity index (χ2v) is 4.71. The van der Waals surface area contributed by atoms with Crippen LogP contribution in [0.3, 0.4) is 0 Å². The second-order valence-electron chi connectivity index (χ2n) is 4.71. The summed E-state index contributed by atoms with van der Waals surface area (Å²) >= 11 is 0. The fourth-order valence-corrected chi connectivity index (χ4v) is 2.17. The molecule has 1 heterocycles. The van der Waals surface area contributed by atoms with Gasteiger partial charge in [-0.05, 0) is 40.0 Å². The summed E-state index contributed by atoms with van der Waals surface area (Å²) in [6.45, 7) is 7.97. The average Bonchev–Trinajstić information content (AvgIpc) is 2.83. The minimum absolute atomic E-state index is 0.604. The van der Waals surface area contributed by atoms with Crippen LogP contribution in [0.2, 0.25) is 0 Å². The molecule has 1 aromatic heterocycles. The van der Waals surface area contributed by atoms with Crippen molar-refractivity contribution in [1.82, 2.24) is 15.1 Å². The minimum atomic E-state index is 0.604. The Kier molecular flexibility index (Phi) is 5.22. The number of benzene rings is 1. The van der Waals surface area contributed by atoms with Crippen LogP contribution in [0.5, 0.6) is 11.5 Å². The van der Waals surface area contributed by atoms with E-state index in [4.69, 9.17) is 9.47 Å². The third-order valence-electron chi connectivity index (χ3n) is 3.16. The number of aromatic nitrogens is 2. The topological polar surface area (TPSA) is 48.3 Å². The van der Waals surface area contributed by atoms with Crippen molar-refractivity contribution in [2.75, 3.05) is 20.3 Å². The van der Waals surface area contributed by atoms with E-state index in [1.807, 2.05) is 56.9 Å². The number of nitrogens with one attached hydrogen (secondary N) is 1. The van der Waals surface area contributed by atoms with Gasteiger partial charge in [0.05, 0.1) is 24.6 Å². The summed E-state index contributed by atoms with van der Waals surface area (Å²) in [5.74, 6) is 1.52. The first-order valence-corrected chi connectivity index (χ1v) is 7.29. The Labute approximate surface area is 125 Å². The summed E-state index contributed by atoms with van der Waals surface area (Å²) in [7, 11) is 1.93. The predicted octanol–water partition coefficient (Wildman–Crippen LogP) is 2.70. The quantitative estimate of drug-likeness (QED) is 0.851. The van der Waals surface area contributed by atoms with Gasteiger partial charge in [0.2, 0.25) is 0 Å². The number of hydrogen-bond acceptors (Lipinski definition) is 4. The zero-order valence-electron chi connectivity index (χ0n) is 13.1. The molecular weight excluding hydrogens is 266 g/mol. The van der Waals surface area contributed by atoms with Gasteiger partial charge in [-0.1, -0.05) is 0 Å². The highest BCUT2D eigenvalue weighted by atomic mass is 16.5. The number of ether oxygens (including phenoxy) is 2. The predicted molar refractivity (Wildman–Crippen MR) is 83.4 cm³/mol. The summed E-state index contributed by atoms with van der Waals surface area (Å²) in [5.41, 5.74) is 3.17. The van der Waals surface area contributed by atoms with Gasteiger partial charge in [-0.3, -0.25) is 0 Å². The van der Waals surface area contributed by atoms with Crippen molar-refractivity contribution in [3.8, 4) is 17.2 Å². The van der Waals surface area contributed by atoms with Crippen LogP contribution >= 0.6 is 0 Å². The first-order chi connectivity index (χ1) is 10.2. The van der Waals surface area contributed by atoms with E-state index in [0.29, 0.717) is 13.2 Å². The highest BCUT2D eigenvalue weighted by Gasteiger charge is 2.10. The van der Waals surface area contributed by atoms with Gasteiger partial charge < -0.3 is 14.8 Å². The highest BCUT2D eigenvalue weighted by Crippen LogP contribution is 2.30. The maximum Gasteiger partial charge on any atom is 0.163 e. The number of hydrogen-bond donors (Lipinski definition) is 1. The van der Waals surface area contributed by atoms with Gasteiger partial charge in [0, 0.05) is 24.4 Å². The molecule has 2 aromatic rings. The van der Waals surface area contributed by atoms with Crippen LogP contribution in [0, 0.1) is 6.92 Å². The summed E-state index contributed by atoms with van der Waals surface area (Å²) in [5, 5.41) is 7.71. The van der Waals surface area contributed by atoms with Crippen LogP contribution in [0.4, 0.5) is 0 Å². The van der Waals surface area contributed by atoms with Crippen molar-refractivity contribution in [3.05, 3.63) is 35.7 Å². The van der Waals surface area contributed by atoms with Crippen LogP contribution < -0.4 is 14.8 Å². The molecule has 0 spiro atoms. The summed E-state index contributed by atoms with van der Waals surface area (Å²) < 4.78 is 13.1. The molecule has 21 heavy (non-hydrogen) atoms. The fraction of sp³-hybridized carbons (Fsp3) is 0.438. The molecule has 0 aliphatic rings. The van der Waals surface area contributed by atoms with Crippen molar-refractivity contribution >= 4 is 0 Å². The SMILES string of the molecule is CCOc1ccc(-n2cc(CNC)c(C)n2)cc1OCC. The standard InChI is InChI=1S/C16H23N3O2/c1-5-20-15-8-7-14(9-16(15)21-6-2)19-11-13(10-17-4)12(3)18-19/h7-9,11,17H,5-6,10H2,1-4H3. The van der Waals surface area contributed by atoms with Gasteiger partial charge in [0.25, 0.3) is 0 Å². The van der Waals surface area contributed by atoms with Gasteiger partial charge in [-0.2, -0.15) is 5.10 Å². The molecule has 0 atom stereocenters. The molecule has 0 aliphatic carbocycles. The Bertz CT molecular complexity index is 593. The molecular formula is C16H23N3O2. The lowest BCUT2D eigenvalue weighted by molar-refractivity contribution is 0.287. The van der Waals surface area contributed by atoms with Crippen LogP contribution in [0.15, 0.2) is 24.4 Å². The van der Waals surface area contributed by atoms with Crippen molar-refractivity contribution in [1.29, 1.82) is 0 Å². The normalized spacial score (nSPS) is 10.7. The summed E-state index contributed by atoms with van der Waals surface area (Å²) in [4.78, 5) is 0. The highest BCUT2D eigenvalue weighted by molar-refractivity contribution is 5.49. The first-order valence-electron chi connectivity index (χ1n) is 7.29. The van der Waals surface area contributed by atoms with Crippen LogP contribution in [-0.2, 0) is 6.54 Å². The van der Waals surface area contributed by atoms with Crippen molar-refractivity contribution < 1.29 is 9.47 Å². The summed E-state index contributed by atoms with van der Waals surface area (Å²) in [6.07, 6.45) is 2.04. The van der Waals surface area contributed by atoms with E-state index in [9.17, 15) is 0 Å². The molecule has 0 bridgehead atoms. The number of rotatable bonds is 7. The zero-order chi connectivity index (χ0) is 15.2.